The first-order chi connectivity index (χ1) is 12.2. The van der Waals surface area contributed by atoms with Crippen molar-refractivity contribution in [3.63, 3.8) is 0 Å². The van der Waals surface area contributed by atoms with Crippen molar-refractivity contribution in [2.24, 2.45) is 0 Å². The first-order valence-corrected chi connectivity index (χ1v) is 10.4. The van der Waals surface area contributed by atoms with Crippen LogP contribution in [0.15, 0.2) is 58.6 Å². The van der Waals surface area contributed by atoms with Crippen LogP contribution in [0, 0.1) is 13.8 Å². The number of nitrogens with zero attached hydrogens (tertiary/aromatic N) is 3. The normalized spacial score (nSPS) is 11.0. The molecule has 2 aromatic carbocycles. The van der Waals surface area contributed by atoms with Gasteiger partial charge in [-0.25, -0.2) is 0 Å². The van der Waals surface area contributed by atoms with Crippen LogP contribution in [-0.2, 0) is 18.1 Å². The highest BCUT2D eigenvalue weighted by Gasteiger charge is 2.12. The molecular formula is C20H23N3S2. The molecule has 0 saturated carbocycles. The minimum Gasteiger partial charge on any atom is -0.306 e. The van der Waals surface area contributed by atoms with Crippen molar-refractivity contribution in [3.05, 3.63) is 71.0 Å². The second-order valence-corrected chi connectivity index (χ2v) is 8.01. The summed E-state index contributed by atoms with van der Waals surface area (Å²) in [6.07, 6.45) is 0. The minimum absolute atomic E-state index is 0.842. The maximum Gasteiger partial charge on any atom is 0.191 e. The van der Waals surface area contributed by atoms with Gasteiger partial charge in [-0.05, 0) is 38.5 Å². The van der Waals surface area contributed by atoms with Crippen LogP contribution < -0.4 is 0 Å². The number of aryl methyl sites for hydroxylation is 2. The Morgan fingerprint density at radius 2 is 1.44 bits per heavy atom. The number of hydrogen-bond acceptors (Lipinski definition) is 4. The molecule has 0 fully saturated rings. The van der Waals surface area contributed by atoms with Gasteiger partial charge in [0, 0.05) is 17.2 Å². The molecule has 3 nitrogen and oxygen atoms in total. The molecule has 25 heavy (non-hydrogen) atoms. The molecule has 0 amide bonds. The van der Waals surface area contributed by atoms with Crippen molar-refractivity contribution >= 4 is 23.5 Å². The molecular weight excluding hydrogens is 346 g/mol. The van der Waals surface area contributed by atoms with Gasteiger partial charge in [-0.15, -0.1) is 22.0 Å². The van der Waals surface area contributed by atoms with E-state index in [1.54, 1.807) is 11.8 Å². The summed E-state index contributed by atoms with van der Waals surface area (Å²) < 4.78 is 2.22. The summed E-state index contributed by atoms with van der Waals surface area (Å²) in [6.45, 7) is 7.27. The van der Waals surface area contributed by atoms with E-state index in [1.165, 1.54) is 21.6 Å². The molecule has 1 heterocycles. The zero-order chi connectivity index (χ0) is 17.6. The topological polar surface area (TPSA) is 30.7 Å². The second-order valence-electron chi connectivity index (χ2n) is 6.02. The largest absolute Gasteiger partial charge is 0.306 e. The van der Waals surface area contributed by atoms with E-state index in [1.807, 2.05) is 11.8 Å². The highest BCUT2D eigenvalue weighted by molar-refractivity contribution is 7.98. The quantitative estimate of drug-likeness (QED) is 0.515. The second kappa shape index (κ2) is 8.59. The van der Waals surface area contributed by atoms with E-state index in [-0.39, 0.29) is 0 Å². The first kappa shape index (κ1) is 18.1. The lowest BCUT2D eigenvalue weighted by Crippen LogP contribution is -2.02. The number of aromatic nitrogens is 3. The fourth-order valence-corrected chi connectivity index (χ4v) is 4.28. The lowest BCUT2D eigenvalue weighted by atomic mass is 10.2. The first-order valence-electron chi connectivity index (χ1n) is 8.45. The van der Waals surface area contributed by atoms with E-state index in [0.717, 1.165) is 29.0 Å². The maximum atomic E-state index is 4.42. The molecule has 0 saturated heterocycles. The highest BCUT2D eigenvalue weighted by Crippen LogP contribution is 2.26. The summed E-state index contributed by atoms with van der Waals surface area (Å²) in [7, 11) is 0. The Kier molecular flexibility index (Phi) is 6.21. The van der Waals surface area contributed by atoms with E-state index >= 15 is 0 Å². The third-order valence-electron chi connectivity index (χ3n) is 3.99. The predicted molar refractivity (Wildman–Crippen MR) is 107 cm³/mol. The van der Waals surface area contributed by atoms with Gasteiger partial charge in [-0.2, -0.15) is 0 Å². The van der Waals surface area contributed by atoms with Crippen LogP contribution in [0.25, 0.3) is 0 Å². The van der Waals surface area contributed by atoms with Gasteiger partial charge in [0.2, 0.25) is 0 Å². The minimum atomic E-state index is 0.842. The molecule has 0 N–H and O–H groups in total. The molecule has 0 radical (unpaired) electrons. The van der Waals surface area contributed by atoms with Gasteiger partial charge in [-0.1, -0.05) is 59.3 Å². The van der Waals surface area contributed by atoms with Crippen molar-refractivity contribution < 1.29 is 0 Å². The number of thioether (sulfide) groups is 2. The Hall–Kier alpha value is -1.72. The van der Waals surface area contributed by atoms with E-state index in [9.17, 15) is 0 Å². The maximum absolute atomic E-state index is 4.42. The van der Waals surface area contributed by atoms with Crippen LogP contribution in [-0.4, -0.2) is 14.8 Å². The molecule has 0 atom stereocenters. The lowest BCUT2D eigenvalue weighted by molar-refractivity contribution is 0.659. The molecule has 3 rings (SSSR count). The predicted octanol–water partition coefficient (Wildman–Crippen LogP) is 5.50. The Morgan fingerprint density at radius 1 is 0.800 bits per heavy atom. The highest BCUT2D eigenvalue weighted by atomic mass is 32.2. The van der Waals surface area contributed by atoms with Gasteiger partial charge in [0.25, 0.3) is 0 Å². The van der Waals surface area contributed by atoms with Crippen LogP contribution in [0.1, 0.15) is 29.4 Å². The van der Waals surface area contributed by atoms with Crippen molar-refractivity contribution in [1.82, 2.24) is 14.8 Å². The molecule has 130 valence electrons. The summed E-state index contributed by atoms with van der Waals surface area (Å²) in [6, 6.07) is 17.3. The lowest BCUT2D eigenvalue weighted by Gasteiger charge is -2.07. The van der Waals surface area contributed by atoms with Gasteiger partial charge in [-0.3, -0.25) is 0 Å². The van der Waals surface area contributed by atoms with Crippen LogP contribution >= 0.6 is 23.5 Å². The monoisotopic (exact) mass is 369 g/mol. The van der Waals surface area contributed by atoms with Gasteiger partial charge in [0.05, 0.1) is 5.75 Å². The zero-order valence-corrected chi connectivity index (χ0v) is 16.5. The molecule has 0 aliphatic heterocycles. The van der Waals surface area contributed by atoms with Crippen LogP contribution in [0.2, 0.25) is 0 Å². The van der Waals surface area contributed by atoms with E-state index < -0.39 is 0 Å². The molecule has 5 heteroatoms. The molecule has 0 spiro atoms. The molecule has 3 aromatic rings. The van der Waals surface area contributed by atoms with Crippen molar-refractivity contribution in [2.75, 3.05) is 0 Å². The Balaban J connectivity index is 1.63. The van der Waals surface area contributed by atoms with Crippen molar-refractivity contribution in [3.8, 4) is 0 Å². The van der Waals surface area contributed by atoms with Gasteiger partial charge in [0.15, 0.2) is 5.16 Å². The molecule has 0 aliphatic carbocycles. The van der Waals surface area contributed by atoms with Crippen molar-refractivity contribution in [1.29, 1.82) is 0 Å². The van der Waals surface area contributed by atoms with Crippen LogP contribution in [0.3, 0.4) is 0 Å². The Labute approximate surface area is 158 Å². The van der Waals surface area contributed by atoms with E-state index in [0.29, 0.717) is 0 Å². The van der Waals surface area contributed by atoms with Gasteiger partial charge in [0.1, 0.15) is 5.82 Å². The third-order valence-corrected chi connectivity index (χ3v) is 6.03. The summed E-state index contributed by atoms with van der Waals surface area (Å²) >= 11 is 3.56. The molecule has 0 unspecified atom stereocenters. The smallest absolute Gasteiger partial charge is 0.191 e. The number of rotatable bonds is 7. The number of benzene rings is 2. The summed E-state index contributed by atoms with van der Waals surface area (Å²) in [4.78, 5) is 1.27. The fourth-order valence-electron chi connectivity index (χ4n) is 2.46. The fraction of sp³-hybridized carbons (Fsp3) is 0.300. The van der Waals surface area contributed by atoms with E-state index in [4.69, 9.17) is 0 Å². The summed E-state index contributed by atoms with van der Waals surface area (Å²) in [5.74, 6) is 2.80. The van der Waals surface area contributed by atoms with Crippen LogP contribution in [0.4, 0.5) is 0 Å². The van der Waals surface area contributed by atoms with Gasteiger partial charge < -0.3 is 4.57 Å². The molecule has 1 aromatic heterocycles. The number of hydrogen-bond donors (Lipinski definition) is 0. The zero-order valence-electron chi connectivity index (χ0n) is 14.9. The van der Waals surface area contributed by atoms with E-state index in [2.05, 4.69) is 84.1 Å². The average Bonchev–Trinajstić information content (AvgIpc) is 3.02. The van der Waals surface area contributed by atoms with Crippen molar-refractivity contribution in [2.45, 2.75) is 48.9 Å². The SMILES string of the molecule is CCn1c(CSc2ccc(C)cc2)nnc1SCc1ccc(C)cc1. The molecule has 0 aliphatic rings. The summed E-state index contributed by atoms with van der Waals surface area (Å²) in [5, 5.41) is 9.83. The summed E-state index contributed by atoms with van der Waals surface area (Å²) in [5.41, 5.74) is 3.90. The third kappa shape index (κ3) is 4.89. The Morgan fingerprint density at radius 3 is 2.08 bits per heavy atom. The Bertz CT molecular complexity index is 741. The van der Waals surface area contributed by atoms with Crippen LogP contribution in [0.5, 0.6) is 0 Å². The van der Waals surface area contributed by atoms with Gasteiger partial charge >= 0.3 is 0 Å². The standard InChI is InChI=1S/C20H23N3S2/c1-4-23-19(14-24-18-11-7-16(3)8-12-18)21-22-20(23)25-13-17-9-5-15(2)6-10-17/h5-12H,4,13-14H2,1-3H3. The molecule has 0 bridgehead atoms. The average molecular weight is 370 g/mol.